The average Bonchev–Trinajstić information content (AvgIpc) is 2.49. The lowest BCUT2D eigenvalue weighted by Gasteiger charge is -2.35. The quantitative estimate of drug-likeness (QED) is 0.812. The molecule has 1 saturated heterocycles. The number of hydrogen-bond acceptors (Lipinski definition) is 4. The molecule has 0 aliphatic carbocycles. The number of rotatable bonds is 6. The molecule has 1 aromatic rings. The zero-order valence-corrected chi connectivity index (χ0v) is 14.1. The summed E-state index contributed by atoms with van der Waals surface area (Å²) < 4.78 is 5.12. The second-order valence-corrected chi connectivity index (χ2v) is 4.80. The molecular weight excluding hydrogens is 309 g/mol. The summed E-state index contributed by atoms with van der Waals surface area (Å²) in [5.41, 5.74) is 1.27. The van der Waals surface area contributed by atoms with Crippen LogP contribution in [0.25, 0.3) is 0 Å². The molecule has 1 aromatic heterocycles. The van der Waals surface area contributed by atoms with Gasteiger partial charge in [0.15, 0.2) is 0 Å². The Morgan fingerprint density at radius 1 is 1.38 bits per heavy atom. The fraction of sp³-hybridized carbons (Fsp3) is 0.533. The first-order chi connectivity index (χ1) is 9.35. The number of nitrogens with zero attached hydrogens (tertiary/aromatic N) is 2. The van der Waals surface area contributed by atoms with Crippen LogP contribution in [0.4, 0.5) is 0 Å². The van der Waals surface area contributed by atoms with E-state index in [0.29, 0.717) is 11.9 Å². The van der Waals surface area contributed by atoms with Crippen molar-refractivity contribution in [2.24, 2.45) is 0 Å². The van der Waals surface area contributed by atoms with E-state index in [4.69, 9.17) is 4.74 Å². The van der Waals surface area contributed by atoms with E-state index in [0.717, 1.165) is 39.0 Å². The van der Waals surface area contributed by atoms with Gasteiger partial charge in [0, 0.05) is 44.5 Å². The summed E-state index contributed by atoms with van der Waals surface area (Å²) in [5, 5.41) is 3.40. The van der Waals surface area contributed by atoms with Gasteiger partial charge in [0.05, 0.1) is 7.11 Å². The molecule has 120 valence electrons. The van der Waals surface area contributed by atoms with Crippen LogP contribution in [0.3, 0.4) is 0 Å². The van der Waals surface area contributed by atoms with Crippen LogP contribution < -0.4 is 10.1 Å². The number of hydrogen-bond donors (Lipinski definition) is 1. The number of aromatic nitrogens is 1. The van der Waals surface area contributed by atoms with Gasteiger partial charge in [-0.2, -0.15) is 0 Å². The molecule has 0 radical (unpaired) electrons. The van der Waals surface area contributed by atoms with Gasteiger partial charge in [0.2, 0.25) is 5.88 Å². The van der Waals surface area contributed by atoms with Crippen LogP contribution in [0.5, 0.6) is 5.88 Å². The molecule has 0 aromatic carbocycles. The average molecular weight is 334 g/mol. The smallest absolute Gasteiger partial charge is 0.212 e. The van der Waals surface area contributed by atoms with E-state index < -0.39 is 0 Å². The van der Waals surface area contributed by atoms with E-state index in [1.54, 1.807) is 7.11 Å². The molecule has 0 unspecified atom stereocenters. The highest BCUT2D eigenvalue weighted by atomic mass is 35.5. The summed E-state index contributed by atoms with van der Waals surface area (Å²) >= 11 is 0. The van der Waals surface area contributed by atoms with Gasteiger partial charge in [-0.05, 0) is 18.4 Å². The summed E-state index contributed by atoms with van der Waals surface area (Å²) in [6, 6.07) is 4.50. The SMILES string of the molecule is C=CCC[C@H](c1ccc(OC)nc1)N1CCNCC1.Cl.Cl. The van der Waals surface area contributed by atoms with Gasteiger partial charge < -0.3 is 10.1 Å². The van der Waals surface area contributed by atoms with Crippen LogP contribution in [0.1, 0.15) is 24.4 Å². The van der Waals surface area contributed by atoms with Gasteiger partial charge in [-0.25, -0.2) is 4.98 Å². The summed E-state index contributed by atoms with van der Waals surface area (Å²) in [6.07, 6.45) is 6.05. The number of pyridine rings is 1. The molecule has 21 heavy (non-hydrogen) atoms. The molecule has 0 amide bonds. The Kier molecular flexibility index (Phi) is 10.4. The zero-order chi connectivity index (χ0) is 13.5. The Labute approximate surface area is 139 Å². The third-order valence-electron chi connectivity index (χ3n) is 3.59. The predicted octanol–water partition coefficient (Wildman–Crippen LogP) is 2.85. The molecule has 1 atom stereocenters. The molecule has 6 heteroatoms. The Balaban J connectivity index is 0.00000200. The summed E-state index contributed by atoms with van der Waals surface area (Å²) in [7, 11) is 1.65. The minimum atomic E-state index is 0. The van der Waals surface area contributed by atoms with Crippen LogP contribution >= 0.6 is 24.8 Å². The van der Waals surface area contributed by atoms with Crippen molar-refractivity contribution >= 4 is 24.8 Å². The molecule has 2 heterocycles. The third kappa shape index (κ3) is 5.83. The largest absolute Gasteiger partial charge is 0.481 e. The van der Waals surface area contributed by atoms with Crippen LogP contribution in [0, 0.1) is 0 Å². The van der Waals surface area contributed by atoms with E-state index >= 15 is 0 Å². The Bertz CT molecular complexity index is 394. The molecule has 0 saturated carbocycles. The second kappa shape index (κ2) is 10.9. The van der Waals surface area contributed by atoms with E-state index in [1.807, 2.05) is 18.3 Å². The number of halogens is 2. The molecule has 1 N–H and O–H groups in total. The van der Waals surface area contributed by atoms with E-state index in [9.17, 15) is 0 Å². The molecule has 1 fully saturated rings. The normalized spacial score (nSPS) is 16.2. The first kappa shape index (κ1) is 20.2. The van der Waals surface area contributed by atoms with Gasteiger partial charge in [0.1, 0.15) is 0 Å². The van der Waals surface area contributed by atoms with Gasteiger partial charge in [-0.1, -0.05) is 12.1 Å². The predicted molar refractivity (Wildman–Crippen MR) is 91.9 cm³/mol. The molecule has 2 rings (SSSR count). The molecule has 1 aliphatic rings. The molecule has 1 aliphatic heterocycles. The lowest BCUT2D eigenvalue weighted by molar-refractivity contribution is 0.166. The van der Waals surface area contributed by atoms with Crippen LogP contribution in [-0.2, 0) is 0 Å². The number of methoxy groups -OCH3 is 1. The van der Waals surface area contributed by atoms with Gasteiger partial charge >= 0.3 is 0 Å². The fourth-order valence-corrected chi connectivity index (χ4v) is 2.54. The van der Waals surface area contributed by atoms with Crippen molar-refractivity contribution in [1.29, 1.82) is 0 Å². The van der Waals surface area contributed by atoms with Crippen LogP contribution in [-0.4, -0.2) is 43.2 Å². The first-order valence-electron chi connectivity index (χ1n) is 6.90. The highest BCUT2D eigenvalue weighted by Gasteiger charge is 2.21. The van der Waals surface area contributed by atoms with Crippen molar-refractivity contribution in [2.75, 3.05) is 33.3 Å². The maximum atomic E-state index is 5.12. The van der Waals surface area contributed by atoms with E-state index in [1.165, 1.54) is 5.56 Å². The maximum Gasteiger partial charge on any atom is 0.212 e. The second-order valence-electron chi connectivity index (χ2n) is 4.80. The number of piperazine rings is 1. The van der Waals surface area contributed by atoms with Gasteiger partial charge in [-0.15, -0.1) is 31.4 Å². The van der Waals surface area contributed by atoms with E-state index in [-0.39, 0.29) is 24.8 Å². The Hall–Kier alpha value is -0.810. The molecular formula is C15H25Cl2N3O. The van der Waals surface area contributed by atoms with Crippen LogP contribution in [0.15, 0.2) is 31.0 Å². The number of ether oxygens (including phenoxy) is 1. The highest BCUT2D eigenvalue weighted by molar-refractivity contribution is 5.85. The molecule has 0 spiro atoms. The summed E-state index contributed by atoms with van der Waals surface area (Å²) in [6.45, 7) is 8.14. The molecule has 0 bridgehead atoms. The lowest BCUT2D eigenvalue weighted by Crippen LogP contribution is -2.45. The van der Waals surface area contributed by atoms with Gasteiger partial charge in [-0.3, -0.25) is 4.90 Å². The minimum Gasteiger partial charge on any atom is -0.481 e. The highest BCUT2D eigenvalue weighted by Crippen LogP contribution is 2.26. The topological polar surface area (TPSA) is 37.4 Å². The van der Waals surface area contributed by atoms with Crippen LogP contribution in [0.2, 0.25) is 0 Å². The number of nitrogens with one attached hydrogen (secondary N) is 1. The van der Waals surface area contributed by atoms with Gasteiger partial charge in [0.25, 0.3) is 0 Å². The lowest BCUT2D eigenvalue weighted by atomic mass is 10.0. The Morgan fingerprint density at radius 2 is 2.10 bits per heavy atom. The Morgan fingerprint density at radius 3 is 2.62 bits per heavy atom. The van der Waals surface area contributed by atoms with Crippen molar-refractivity contribution in [2.45, 2.75) is 18.9 Å². The van der Waals surface area contributed by atoms with Crippen molar-refractivity contribution in [3.63, 3.8) is 0 Å². The van der Waals surface area contributed by atoms with Crippen molar-refractivity contribution in [3.05, 3.63) is 36.5 Å². The summed E-state index contributed by atoms with van der Waals surface area (Å²) in [5.74, 6) is 0.673. The van der Waals surface area contributed by atoms with Crippen molar-refractivity contribution in [3.8, 4) is 5.88 Å². The standard InChI is InChI=1S/C15H23N3O.2ClH/c1-3-4-5-14(18-10-8-16-9-11-18)13-6-7-15(19-2)17-12-13;;/h3,6-7,12,14,16H,1,4-5,8-11H2,2H3;2*1H/t14-;;/m1../s1. The maximum absolute atomic E-state index is 5.12. The fourth-order valence-electron chi connectivity index (χ4n) is 2.54. The minimum absolute atomic E-state index is 0. The molecule has 4 nitrogen and oxygen atoms in total. The zero-order valence-electron chi connectivity index (χ0n) is 12.5. The van der Waals surface area contributed by atoms with Crippen molar-refractivity contribution in [1.82, 2.24) is 15.2 Å². The van der Waals surface area contributed by atoms with Crippen molar-refractivity contribution < 1.29 is 4.74 Å². The number of allylic oxidation sites excluding steroid dienone is 1. The van der Waals surface area contributed by atoms with E-state index in [2.05, 4.69) is 27.8 Å². The monoisotopic (exact) mass is 333 g/mol. The summed E-state index contributed by atoms with van der Waals surface area (Å²) in [4.78, 5) is 6.86. The third-order valence-corrected chi connectivity index (χ3v) is 3.59. The first-order valence-corrected chi connectivity index (χ1v) is 6.90.